The van der Waals surface area contributed by atoms with Crippen LogP contribution in [0, 0.1) is 0 Å². The van der Waals surface area contributed by atoms with E-state index in [1.54, 1.807) is 0 Å². The molecule has 1 amide bonds. The molecule has 4 heteroatoms. The summed E-state index contributed by atoms with van der Waals surface area (Å²) >= 11 is 0. The number of ether oxygens (including phenoxy) is 1. The Balaban J connectivity index is 1.67. The topological polar surface area (TPSA) is 41.6 Å². The normalized spacial score (nSPS) is 20.6. The van der Waals surface area contributed by atoms with E-state index in [1.807, 2.05) is 20.8 Å². The van der Waals surface area contributed by atoms with Crippen molar-refractivity contribution in [1.29, 1.82) is 0 Å². The maximum Gasteiger partial charge on any atom is 0.408 e. The third-order valence-electron chi connectivity index (χ3n) is 5.42. The first kappa shape index (κ1) is 19.9. The van der Waals surface area contributed by atoms with Crippen LogP contribution >= 0.6 is 0 Å². The number of amides is 1. The molecule has 2 aliphatic rings. The van der Waals surface area contributed by atoms with Gasteiger partial charge in [0.15, 0.2) is 0 Å². The molecule has 1 fully saturated rings. The lowest BCUT2D eigenvalue weighted by Gasteiger charge is -2.29. The molecule has 1 aliphatic carbocycles. The van der Waals surface area contributed by atoms with Crippen molar-refractivity contribution in [3.8, 4) is 0 Å². The maximum absolute atomic E-state index is 12.2. The van der Waals surface area contributed by atoms with Crippen molar-refractivity contribution in [2.45, 2.75) is 70.9 Å². The number of aryl methyl sites for hydroxylation is 1. The average Bonchev–Trinajstić information content (AvgIpc) is 2.60. The molecule has 1 aromatic rings. The molecule has 0 unspecified atom stereocenters. The molecule has 148 valence electrons. The van der Waals surface area contributed by atoms with Crippen LogP contribution in [0.1, 0.15) is 75.6 Å². The minimum atomic E-state index is -0.475. The molecule has 0 radical (unpaired) electrons. The molecule has 1 heterocycles. The van der Waals surface area contributed by atoms with Crippen LogP contribution in [0.25, 0.3) is 5.57 Å². The number of piperidine rings is 1. The number of nitrogens with zero attached hydrogens (tertiary/aromatic N) is 1. The first-order valence-corrected chi connectivity index (χ1v) is 10.3. The van der Waals surface area contributed by atoms with Crippen LogP contribution < -0.4 is 5.32 Å². The predicted octanol–water partition coefficient (Wildman–Crippen LogP) is 5.09. The molecule has 0 aromatic heterocycles. The first-order chi connectivity index (χ1) is 12.8. The number of likely N-dealkylation sites (tertiary alicyclic amines) is 1. The predicted molar refractivity (Wildman–Crippen MR) is 111 cm³/mol. The van der Waals surface area contributed by atoms with Crippen molar-refractivity contribution >= 4 is 11.7 Å². The highest BCUT2D eigenvalue weighted by Gasteiger charge is 2.25. The standard InChI is InChI=1S/C23H34N2O2/c1-17(16-25-13-6-5-7-14-25)18-11-12-20-19(15-18)9-8-10-21(20)24-22(26)27-23(2,3)4/h11-12,15,21H,1,5-10,13-14,16H2,2-4H3,(H,24,26)/t21-/m1/s1. The van der Waals surface area contributed by atoms with Gasteiger partial charge in [0.05, 0.1) is 6.04 Å². The Bertz CT molecular complexity index is 684. The van der Waals surface area contributed by atoms with E-state index in [9.17, 15) is 4.79 Å². The SMILES string of the molecule is C=C(CN1CCCCC1)c1ccc2c(c1)CCC[C@H]2NC(=O)OC(C)(C)C. The number of carbonyl (C=O) groups is 1. The second-order valence-corrected chi connectivity index (χ2v) is 8.94. The van der Waals surface area contributed by atoms with Crippen LogP contribution in [0.15, 0.2) is 24.8 Å². The lowest BCUT2D eigenvalue weighted by Crippen LogP contribution is -2.36. The van der Waals surface area contributed by atoms with E-state index in [2.05, 4.69) is 35.0 Å². The van der Waals surface area contributed by atoms with E-state index in [1.165, 1.54) is 54.6 Å². The molecule has 1 aliphatic heterocycles. The van der Waals surface area contributed by atoms with E-state index in [-0.39, 0.29) is 12.1 Å². The number of hydrogen-bond donors (Lipinski definition) is 1. The van der Waals surface area contributed by atoms with Gasteiger partial charge in [0.1, 0.15) is 5.60 Å². The molecule has 1 saturated heterocycles. The van der Waals surface area contributed by atoms with E-state index in [0.717, 1.165) is 25.8 Å². The molecule has 27 heavy (non-hydrogen) atoms. The molecular formula is C23H34N2O2. The van der Waals surface area contributed by atoms with Crippen LogP contribution in [0.5, 0.6) is 0 Å². The minimum Gasteiger partial charge on any atom is -0.444 e. The molecular weight excluding hydrogens is 336 g/mol. The smallest absolute Gasteiger partial charge is 0.408 e. The Kier molecular flexibility index (Phi) is 6.25. The number of rotatable bonds is 4. The summed E-state index contributed by atoms with van der Waals surface area (Å²) in [6.45, 7) is 13.3. The summed E-state index contributed by atoms with van der Waals surface area (Å²) in [6.07, 6.45) is 6.72. The summed E-state index contributed by atoms with van der Waals surface area (Å²) in [5.74, 6) is 0. The van der Waals surface area contributed by atoms with Crippen molar-refractivity contribution in [3.63, 3.8) is 0 Å². The molecule has 3 rings (SSSR count). The quantitative estimate of drug-likeness (QED) is 0.803. The number of hydrogen-bond acceptors (Lipinski definition) is 3. The van der Waals surface area contributed by atoms with Crippen molar-refractivity contribution < 1.29 is 9.53 Å². The van der Waals surface area contributed by atoms with E-state index < -0.39 is 5.60 Å². The fourth-order valence-electron chi connectivity index (χ4n) is 4.11. The summed E-state index contributed by atoms with van der Waals surface area (Å²) in [5.41, 5.74) is 4.51. The highest BCUT2D eigenvalue weighted by atomic mass is 16.6. The largest absolute Gasteiger partial charge is 0.444 e. The van der Waals surface area contributed by atoms with Crippen LogP contribution in [0.3, 0.4) is 0 Å². The lowest BCUT2D eigenvalue weighted by molar-refractivity contribution is 0.0498. The van der Waals surface area contributed by atoms with Gasteiger partial charge in [-0.3, -0.25) is 4.90 Å². The summed E-state index contributed by atoms with van der Waals surface area (Å²) in [6, 6.07) is 6.66. The highest BCUT2D eigenvalue weighted by Crippen LogP contribution is 2.32. The first-order valence-electron chi connectivity index (χ1n) is 10.3. The van der Waals surface area contributed by atoms with Crippen LogP contribution in [-0.4, -0.2) is 36.2 Å². The monoisotopic (exact) mass is 370 g/mol. The molecule has 1 atom stereocenters. The number of benzene rings is 1. The Morgan fingerprint density at radius 3 is 2.67 bits per heavy atom. The molecule has 4 nitrogen and oxygen atoms in total. The zero-order chi connectivity index (χ0) is 19.4. The Labute approximate surface area is 164 Å². The van der Waals surface area contributed by atoms with Gasteiger partial charge in [0.25, 0.3) is 0 Å². The van der Waals surface area contributed by atoms with Crippen LogP contribution in [-0.2, 0) is 11.2 Å². The zero-order valence-electron chi connectivity index (χ0n) is 17.1. The summed E-state index contributed by atoms with van der Waals surface area (Å²) in [5, 5.41) is 3.05. The summed E-state index contributed by atoms with van der Waals surface area (Å²) in [4.78, 5) is 14.7. The van der Waals surface area contributed by atoms with Gasteiger partial charge in [-0.1, -0.05) is 31.2 Å². The maximum atomic E-state index is 12.2. The van der Waals surface area contributed by atoms with E-state index >= 15 is 0 Å². The van der Waals surface area contributed by atoms with Crippen molar-refractivity contribution in [1.82, 2.24) is 10.2 Å². The second-order valence-electron chi connectivity index (χ2n) is 8.94. The molecule has 0 bridgehead atoms. The van der Waals surface area contributed by atoms with Gasteiger partial charge in [0.2, 0.25) is 0 Å². The van der Waals surface area contributed by atoms with Crippen molar-refractivity contribution in [3.05, 3.63) is 41.5 Å². The summed E-state index contributed by atoms with van der Waals surface area (Å²) in [7, 11) is 0. The van der Waals surface area contributed by atoms with Gasteiger partial charge in [-0.25, -0.2) is 4.79 Å². The third-order valence-corrected chi connectivity index (χ3v) is 5.42. The molecule has 1 N–H and O–H groups in total. The molecule has 1 aromatic carbocycles. The summed E-state index contributed by atoms with van der Waals surface area (Å²) < 4.78 is 5.43. The van der Waals surface area contributed by atoms with Crippen LogP contribution in [0.4, 0.5) is 4.79 Å². The third kappa shape index (κ3) is 5.58. The van der Waals surface area contributed by atoms with E-state index in [4.69, 9.17) is 4.74 Å². The van der Waals surface area contributed by atoms with Gasteiger partial charge in [-0.2, -0.15) is 0 Å². The van der Waals surface area contributed by atoms with Gasteiger partial charge in [-0.15, -0.1) is 0 Å². The number of carbonyl (C=O) groups excluding carboxylic acids is 1. The number of fused-ring (bicyclic) bond motifs is 1. The zero-order valence-corrected chi connectivity index (χ0v) is 17.1. The highest BCUT2D eigenvalue weighted by molar-refractivity contribution is 5.69. The van der Waals surface area contributed by atoms with Gasteiger partial charge in [0, 0.05) is 6.54 Å². The van der Waals surface area contributed by atoms with Crippen LogP contribution in [0.2, 0.25) is 0 Å². The Morgan fingerprint density at radius 1 is 1.22 bits per heavy atom. The van der Waals surface area contributed by atoms with Gasteiger partial charge < -0.3 is 10.1 Å². The fourth-order valence-corrected chi connectivity index (χ4v) is 4.11. The second kappa shape index (κ2) is 8.47. The lowest BCUT2D eigenvalue weighted by atomic mass is 9.85. The molecule has 0 spiro atoms. The minimum absolute atomic E-state index is 0.0352. The van der Waals surface area contributed by atoms with Crippen molar-refractivity contribution in [2.75, 3.05) is 19.6 Å². The molecule has 0 saturated carbocycles. The number of nitrogens with one attached hydrogen (secondary N) is 1. The Hall–Kier alpha value is -1.81. The van der Waals surface area contributed by atoms with Gasteiger partial charge in [-0.05, 0) is 88.2 Å². The van der Waals surface area contributed by atoms with E-state index in [0.29, 0.717) is 0 Å². The van der Waals surface area contributed by atoms with Gasteiger partial charge >= 0.3 is 6.09 Å². The Morgan fingerprint density at radius 2 is 1.96 bits per heavy atom. The fraction of sp³-hybridized carbons (Fsp3) is 0.609. The number of alkyl carbamates (subject to hydrolysis) is 1. The average molecular weight is 371 g/mol. The van der Waals surface area contributed by atoms with Crippen molar-refractivity contribution in [2.24, 2.45) is 0 Å².